The molecule has 0 bridgehead atoms. The Hall–Kier alpha value is -2.28. The lowest BCUT2D eigenvalue weighted by Crippen LogP contribution is -2.47. The zero-order valence-electron chi connectivity index (χ0n) is 15.9. The Morgan fingerprint density at radius 2 is 1.72 bits per heavy atom. The van der Waals surface area contributed by atoms with Crippen molar-refractivity contribution in [1.29, 1.82) is 0 Å². The molecule has 0 saturated carbocycles. The van der Waals surface area contributed by atoms with Gasteiger partial charge in [-0.3, -0.25) is 9.10 Å². The molecule has 8 heteroatoms. The molecule has 0 spiro atoms. The van der Waals surface area contributed by atoms with Crippen molar-refractivity contribution in [2.45, 2.75) is 19.5 Å². The van der Waals surface area contributed by atoms with Gasteiger partial charge in [0, 0.05) is 11.6 Å². The van der Waals surface area contributed by atoms with E-state index in [1.807, 2.05) is 42.5 Å². The Kier molecular flexibility index (Phi) is 6.36. The lowest BCUT2D eigenvalue weighted by atomic mass is 10.1. The van der Waals surface area contributed by atoms with Crippen molar-refractivity contribution >= 4 is 55.6 Å². The highest BCUT2D eigenvalue weighted by Gasteiger charge is 2.30. The fourth-order valence-electron chi connectivity index (χ4n) is 3.12. The molecule has 3 aromatic rings. The van der Waals surface area contributed by atoms with Crippen molar-refractivity contribution in [2.75, 3.05) is 10.6 Å². The van der Waals surface area contributed by atoms with Gasteiger partial charge in [-0.15, -0.1) is 0 Å². The third-order valence-corrected chi connectivity index (χ3v) is 6.30. The molecule has 0 heterocycles. The number of hydrogen-bond donors (Lipinski definition) is 1. The molecule has 0 fully saturated rings. The van der Waals surface area contributed by atoms with Crippen LogP contribution in [0.1, 0.15) is 12.5 Å². The van der Waals surface area contributed by atoms with Gasteiger partial charge in [-0.25, -0.2) is 8.42 Å². The Labute approximate surface area is 180 Å². The van der Waals surface area contributed by atoms with Gasteiger partial charge < -0.3 is 5.32 Å². The number of nitrogens with one attached hydrogen (secondary N) is 1. The van der Waals surface area contributed by atoms with Gasteiger partial charge in [0.2, 0.25) is 15.9 Å². The first-order chi connectivity index (χ1) is 13.7. The van der Waals surface area contributed by atoms with E-state index in [-0.39, 0.29) is 17.3 Å². The van der Waals surface area contributed by atoms with Gasteiger partial charge in [0.25, 0.3) is 0 Å². The van der Waals surface area contributed by atoms with Crippen molar-refractivity contribution in [3.05, 3.63) is 76.3 Å². The van der Waals surface area contributed by atoms with Crippen molar-refractivity contribution in [1.82, 2.24) is 5.32 Å². The highest BCUT2D eigenvalue weighted by Crippen LogP contribution is 2.32. The van der Waals surface area contributed by atoms with E-state index < -0.39 is 22.0 Å². The standard InChI is InChI=1S/C21H20Cl2N2O3S/c1-14(25(29(2,27)28)20-12-18(22)9-10-19(20)23)21(26)24-13-15-7-8-16-5-3-4-6-17(16)11-15/h3-12,14H,13H2,1-2H3,(H,24,26)/t14-/m1/s1. The minimum Gasteiger partial charge on any atom is -0.350 e. The van der Waals surface area contributed by atoms with Crippen LogP contribution in [0, 0.1) is 0 Å². The quantitative estimate of drug-likeness (QED) is 0.595. The molecular formula is C21H20Cl2N2O3S. The van der Waals surface area contributed by atoms with Crippen LogP contribution in [0.3, 0.4) is 0 Å². The molecule has 3 aromatic carbocycles. The van der Waals surface area contributed by atoms with E-state index in [9.17, 15) is 13.2 Å². The Balaban J connectivity index is 1.81. The number of fused-ring (bicyclic) bond motifs is 1. The predicted octanol–water partition coefficient (Wildman–Crippen LogP) is 4.62. The van der Waals surface area contributed by atoms with E-state index in [1.165, 1.54) is 19.1 Å². The molecule has 1 amide bonds. The van der Waals surface area contributed by atoms with Crippen LogP contribution in [0.4, 0.5) is 5.69 Å². The summed E-state index contributed by atoms with van der Waals surface area (Å²) >= 11 is 12.2. The Morgan fingerprint density at radius 3 is 2.41 bits per heavy atom. The van der Waals surface area contributed by atoms with Crippen molar-refractivity contribution in [3.63, 3.8) is 0 Å². The minimum atomic E-state index is -3.78. The molecule has 5 nitrogen and oxygen atoms in total. The van der Waals surface area contributed by atoms with Crippen LogP contribution < -0.4 is 9.62 Å². The number of halogens is 2. The maximum absolute atomic E-state index is 12.7. The van der Waals surface area contributed by atoms with Crippen LogP contribution in [0.15, 0.2) is 60.7 Å². The number of hydrogen-bond acceptors (Lipinski definition) is 3. The van der Waals surface area contributed by atoms with Crippen molar-refractivity contribution in [3.8, 4) is 0 Å². The van der Waals surface area contributed by atoms with E-state index in [1.54, 1.807) is 6.07 Å². The second kappa shape index (κ2) is 8.61. The summed E-state index contributed by atoms with van der Waals surface area (Å²) in [5.74, 6) is -0.445. The molecule has 1 atom stereocenters. The maximum Gasteiger partial charge on any atom is 0.243 e. The third-order valence-electron chi connectivity index (χ3n) is 4.51. The molecule has 0 aliphatic carbocycles. The Bertz CT molecular complexity index is 1170. The highest BCUT2D eigenvalue weighted by atomic mass is 35.5. The number of amides is 1. The largest absolute Gasteiger partial charge is 0.350 e. The molecule has 0 radical (unpaired) electrons. The first-order valence-corrected chi connectivity index (χ1v) is 11.5. The lowest BCUT2D eigenvalue weighted by Gasteiger charge is -2.29. The molecule has 0 saturated heterocycles. The summed E-state index contributed by atoms with van der Waals surface area (Å²) in [6, 6.07) is 17.3. The van der Waals surface area contributed by atoms with Crippen molar-refractivity contribution in [2.24, 2.45) is 0 Å². The van der Waals surface area contributed by atoms with Crippen LogP contribution in [-0.4, -0.2) is 26.6 Å². The van der Waals surface area contributed by atoms with Crippen LogP contribution in [0.5, 0.6) is 0 Å². The summed E-state index contributed by atoms with van der Waals surface area (Å²) in [5.41, 5.74) is 1.07. The molecule has 1 N–H and O–H groups in total. The lowest BCUT2D eigenvalue weighted by molar-refractivity contribution is -0.122. The van der Waals surface area contributed by atoms with E-state index in [0.717, 1.165) is 26.9 Å². The van der Waals surface area contributed by atoms with E-state index in [0.29, 0.717) is 5.02 Å². The van der Waals surface area contributed by atoms with E-state index in [4.69, 9.17) is 23.2 Å². The van der Waals surface area contributed by atoms with E-state index >= 15 is 0 Å². The van der Waals surface area contributed by atoms with Gasteiger partial charge in [0.1, 0.15) is 6.04 Å². The zero-order chi connectivity index (χ0) is 21.2. The number of sulfonamides is 1. The second-order valence-electron chi connectivity index (χ2n) is 6.73. The summed E-state index contributed by atoms with van der Waals surface area (Å²) in [6.07, 6.45) is 1.03. The van der Waals surface area contributed by atoms with Gasteiger partial charge in [-0.1, -0.05) is 59.6 Å². The third kappa shape index (κ3) is 5.01. The molecule has 0 unspecified atom stereocenters. The molecule has 0 aromatic heterocycles. The summed E-state index contributed by atoms with van der Waals surface area (Å²) in [5, 5.41) is 5.48. The maximum atomic E-state index is 12.7. The molecule has 0 aliphatic heterocycles. The fraction of sp³-hybridized carbons (Fsp3) is 0.190. The average molecular weight is 451 g/mol. The van der Waals surface area contributed by atoms with Crippen LogP contribution in [0.25, 0.3) is 10.8 Å². The van der Waals surface area contributed by atoms with Crippen LogP contribution in [0.2, 0.25) is 10.0 Å². The normalized spacial score (nSPS) is 12.6. The fourth-order valence-corrected chi connectivity index (χ4v) is 4.72. The predicted molar refractivity (Wildman–Crippen MR) is 119 cm³/mol. The summed E-state index contributed by atoms with van der Waals surface area (Å²) in [4.78, 5) is 12.7. The number of nitrogens with zero attached hydrogens (tertiary/aromatic N) is 1. The monoisotopic (exact) mass is 450 g/mol. The van der Waals surface area contributed by atoms with Crippen LogP contribution in [-0.2, 0) is 21.4 Å². The summed E-state index contributed by atoms with van der Waals surface area (Å²) in [6.45, 7) is 1.78. The number of carbonyl (C=O) groups excluding carboxylic acids is 1. The molecule has 0 aliphatic rings. The Morgan fingerprint density at radius 1 is 1.03 bits per heavy atom. The van der Waals surface area contributed by atoms with E-state index in [2.05, 4.69) is 5.32 Å². The first kappa shape index (κ1) is 21.4. The van der Waals surface area contributed by atoms with Gasteiger partial charge in [0.05, 0.1) is 17.0 Å². The zero-order valence-corrected chi connectivity index (χ0v) is 18.2. The van der Waals surface area contributed by atoms with Gasteiger partial charge >= 0.3 is 0 Å². The first-order valence-electron chi connectivity index (χ1n) is 8.86. The SMILES string of the molecule is C[C@H](C(=O)NCc1ccc2ccccc2c1)N(c1cc(Cl)ccc1Cl)S(C)(=O)=O. The summed E-state index contributed by atoms with van der Waals surface area (Å²) in [7, 11) is -3.78. The topological polar surface area (TPSA) is 66.5 Å². The molecule has 3 rings (SSSR count). The second-order valence-corrected chi connectivity index (χ2v) is 9.43. The molecule has 152 valence electrons. The highest BCUT2D eigenvalue weighted by molar-refractivity contribution is 7.92. The van der Waals surface area contributed by atoms with Gasteiger partial charge in [-0.2, -0.15) is 0 Å². The van der Waals surface area contributed by atoms with Crippen molar-refractivity contribution < 1.29 is 13.2 Å². The number of carbonyl (C=O) groups is 1. The molecule has 29 heavy (non-hydrogen) atoms. The number of benzene rings is 3. The number of rotatable bonds is 6. The smallest absolute Gasteiger partial charge is 0.243 e. The number of anilines is 1. The average Bonchev–Trinajstić information content (AvgIpc) is 2.67. The van der Waals surface area contributed by atoms with Gasteiger partial charge in [0.15, 0.2) is 0 Å². The minimum absolute atomic E-state index is 0.162. The molecular weight excluding hydrogens is 431 g/mol. The van der Waals surface area contributed by atoms with Crippen LogP contribution >= 0.6 is 23.2 Å². The summed E-state index contributed by atoms with van der Waals surface area (Å²) < 4.78 is 25.8. The van der Waals surface area contributed by atoms with Gasteiger partial charge in [-0.05, 0) is 47.5 Å².